The minimum atomic E-state index is -0.827. The molecule has 18 heavy (non-hydrogen) atoms. The van der Waals surface area contributed by atoms with Gasteiger partial charge in [0.15, 0.2) is 0 Å². The summed E-state index contributed by atoms with van der Waals surface area (Å²) in [4.78, 5) is 24.9. The Morgan fingerprint density at radius 1 is 1.33 bits per heavy atom. The molecule has 0 bridgehead atoms. The highest BCUT2D eigenvalue weighted by Gasteiger charge is 2.36. The highest BCUT2D eigenvalue weighted by Crippen LogP contribution is 2.30. The summed E-state index contributed by atoms with van der Waals surface area (Å²) in [6, 6.07) is 0.690. The molecule has 102 valence electrons. The molecule has 1 saturated heterocycles. The minimum Gasteiger partial charge on any atom is -0.481 e. The van der Waals surface area contributed by atoms with Crippen LogP contribution in [0.25, 0.3) is 0 Å². The Kier molecular flexibility index (Phi) is 4.22. The minimum absolute atomic E-state index is 0.0583. The molecule has 0 spiro atoms. The number of amides is 1. The summed E-state index contributed by atoms with van der Waals surface area (Å²) >= 11 is 0. The molecular formula is C13H22N2O3. The van der Waals surface area contributed by atoms with Gasteiger partial charge in [-0.25, -0.2) is 0 Å². The Morgan fingerprint density at radius 3 is 2.61 bits per heavy atom. The third kappa shape index (κ3) is 3.45. The predicted molar refractivity (Wildman–Crippen MR) is 67.2 cm³/mol. The van der Waals surface area contributed by atoms with Crippen LogP contribution in [0, 0.1) is 5.92 Å². The highest BCUT2D eigenvalue weighted by atomic mass is 16.4. The second-order valence-corrected chi connectivity index (χ2v) is 5.48. The van der Waals surface area contributed by atoms with Crippen molar-refractivity contribution in [2.75, 3.05) is 13.1 Å². The van der Waals surface area contributed by atoms with Crippen LogP contribution in [-0.4, -0.2) is 47.1 Å². The molecule has 2 aliphatic rings. The maximum Gasteiger partial charge on any atom is 0.305 e. The summed E-state index contributed by atoms with van der Waals surface area (Å²) < 4.78 is 0. The average molecular weight is 254 g/mol. The molecule has 2 N–H and O–H groups in total. The van der Waals surface area contributed by atoms with Crippen molar-refractivity contribution in [1.29, 1.82) is 0 Å². The number of hydrogen-bond acceptors (Lipinski definition) is 3. The zero-order chi connectivity index (χ0) is 13.1. The topological polar surface area (TPSA) is 69.6 Å². The number of carbonyl (C=O) groups excluding carboxylic acids is 1. The van der Waals surface area contributed by atoms with Crippen molar-refractivity contribution in [2.24, 2.45) is 5.92 Å². The Morgan fingerprint density at radius 2 is 2.06 bits per heavy atom. The van der Waals surface area contributed by atoms with E-state index < -0.39 is 5.97 Å². The third-order valence-corrected chi connectivity index (χ3v) is 3.81. The van der Waals surface area contributed by atoms with E-state index in [-0.39, 0.29) is 18.2 Å². The maximum atomic E-state index is 12.4. The van der Waals surface area contributed by atoms with E-state index in [2.05, 4.69) is 12.2 Å². The van der Waals surface area contributed by atoms with Gasteiger partial charge in [0.2, 0.25) is 5.91 Å². The summed E-state index contributed by atoms with van der Waals surface area (Å²) in [6.07, 6.45) is 3.87. The van der Waals surface area contributed by atoms with E-state index in [1.165, 1.54) is 0 Å². The lowest BCUT2D eigenvalue weighted by Crippen LogP contribution is -2.45. The van der Waals surface area contributed by atoms with Crippen molar-refractivity contribution < 1.29 is 14.7 Å². The van der Waals surface area contributed by atoms with Crippen LogP contribution in [0.3, 0.4) is 0 Å². The number of rotatable bonds is 5. The Labute approximate surface area is 108 Å². The van der Waals surface area contributed by atoms with Crippen LogP contribution in [0.4, 0.5) is 0 Å². The number of aliphatic carboxylic acids is 1. The van der Waals surface area contributed by atoms with Gasteiger partial charge in [-0.05, 0) is 39.2 Å². The standard InChI is InChI=1S/C13H22N2O3/c1-9-8-10(4-6-14-9)13(18)15(11-2-3-11)7-5-12(16)17/h9-11,14H,2-8H2,1H3,(H,16,17). The molecular weight excluding hydrogens is 232 g/mol. The molecule has 1 amide bonds. The van der Waals surface area contributed by atoms with Gasteiger partial charge in [0.05, 0.1) is 6.42 Å². The SMILES string of the molecule is CC1CC(C(=O)N(CCC(=O)O)C2CC2)CCN1. The fourth-order valence-electron chi connectivity index (χ4n) is 2.67. The quantitative estimate of drug-likeness (QED) is 0.763. The van der Waals surface area contributed by atoms with Crippen molar-refractivity contribution in [2.45, 2.75) is 51.1 Å². The van der Waals surface area contributed by atoms with Crippen LogP contribution in [-0.2, 0) is 9.59 Å². The van der Waals surface area contributed by atoms with Gasteiger partial charge in [-0.2, -0.15) is 0 Å². The molecule has 0 aromatic rings. The van der Waals surface area contributed by atoms with Gasteiger partial charge in [-0.15, -0.1) is 0 Å². The number of carboxylic acid groups (broad SMARTS) is 1. The molecule has 1 aliphatic heterocycles. The molecule has 1 heterocycles. The van der Waals surface area contributed by atoms with Crippen molar-refractivity contribution in [3.63, 3.8) is 0 Å². The molecule has 2 fully saturated rings. The average Bonchev–Trinajstić information content (AvgIpc) is 3.13. The second-order valence-electron chi connectivity index (χ2n) is 5.48. The number of nitrogens with one attached hydrogen (secondary N) is 1. The van der Waals surface area contributed by atoms with Crippen LogP contribution in [0.2, 0.25) is 0 Å². The summed E-state index contributed by atoms with van der Waals surface area (Å²) in [6.45, 7) is 3.35. The van der Waals surface area contributed by atoms with Crippen LogP contribution in [0.5, 0.6) is 0 Å². The van der Waals surface area contributed by atoms with Gasteiger partial charge in [0.25, 0.3) is 0 Å². The lowest BCUT2D eigenvalue weighted by Gasteiger charge is -2.32. The molecule has 0 aromatic heterocycles. The molecule has 0 radical (unpaired) electrons. The highest BCUT2D eigenvalue weighted by molar-refractivity contribution is 5.80. The van der Waals surface area contributed by atoms with Crippen LogP contribution < -0.4 is 5.32 Å². The fourth-order valence-corrected chi connectivity index (χ4v) is 2.67. The van der Waals surface area contributed by atoms with E-state index >= 15 is 0 Å². The summed E-state index contributed by atoms with van der Waals surface area (Å²) in [5.41, 5.74) is 0. The van der Waals surface area contributed by atoms with E-state index in [4.69, 9.17) is 5.11 Å². The lowest BCUT2D eigenvalue weighted by molar-refractivity contribution is -0.140. The summed E-state index contributed by atoms with van der Waals surface area (Å²) in [5, 5.41) is 12.1. The van der Waals surface area contributed by atoms with Crippen molar-refractivity contribution in [1.82, 2.24) is 10.2 Å². The van der Waals surface area contributed by atoms with Gasteiger partial charge in [-0.3, -0.25) is 9.59 Å². The zero-order valence-electron chi connectivity index (χ0n) is 10.9. The van der Waals surface area contributed by atoms with Crippen molar-refractivity contribution in [3.8, 4) is 0 Å². The molecule has 1 saturated carbocycles. The molecule has 0 aromatic carbocycles. The summed E-state index contributed by atoms with van der Waals surface area (Å²) in [7, 11) is 0. The fraction of sp³-hybridized carbons (Fsp3) is 0.846. The van der Waals surface area contributed by atoms with E-state index in [1.54, 1.807) is 0 Å². The smallest absolute Gasteiger partial charge is 0.305 e. The Bertz CT molecular complexity index is 328. The Balaban J connectivity index is 1.92. The first-order chi connectivity index (χ1) is 8.58. The normalized spacial score (nSPS) is 27.8. The molecule has 5 nitrogen and oxygen atoms in total. The lowest BCUT2D eigenvalue weighted by atomic mass is 9.92. The van der Waals surface area contributed by atoms with Gasteiger partial charge < -0.3 is 15.3 Å². The number of hydrogen-bond donors (Lipinski definition) is 2. The number of piperidine rings is 1. The number of carbonyl (C=O) groups is 2. The van der Waals surface area contributed by atoms with Gasteiger partial charge in [0.1, 0.15) is 0 Å². The predicted octanol–water partition coefficient (Wildman–Crippen LogP) is 0.840. The first kappa shape index (κ1) is 13.3. The van der Waals surface area contributed by atoms with Crippen LogP contribution >= 0.6 is 0 Å². The summed E-state index contributed by atoms with van der Waals surface area (Å²) in [5.74, 6) is -0.574. The van der Waals surface area contributed by atoms with Crippen LogP contribution in [0.15, 0.2) is 0 Å². The van der Waals surface area contributed by atoms with E-state index in [9.17, 15) is 9.59 Å². The molecule has 2 atom stereocenters. The first-order valence-corrected chi connectivity index (χ1v) is 6.83. The number of carboxylic acids is 1. The largest absolute Gasteiger partial charge is 0.481 e. The molecule has 2 rings (SSSR count). The third-order valence-electron chi connectivity index (χ3n) is 3.81. The van der Waals surface area contributed by atoms with E-state index in [1.807, 2.05) is 4.90 Å². The van der Waals surface area contributed by atoms with E-state index in [0.717, 1.165) is 32.2 Å². The Hall–Kier alpha value is -1.10. The monoisotopic (exact) mass is 254 g/mol. The van der Waals surface area contributed by atoms with E-state index in [0.29, 0.717) is 18.6 Å². The van der Waals surface area contributed by atoms with Gasteiger partial charge in [0, 0.05) is 24.5 Å². The van der Waals surface area contributed by atoms with Crippen LogP contribution in [0.1, 0.15) is 39.0 Å². The van der Waals surface area contributed by atoms with Crippen molar-refractivity contribution >= 4 is 11.9 Å². The number of nitrogens with zero attached hydrogens (tertiary/aromatic N) is 1. The van der Waals surface area contributed by atoms with Crippen molar-refractivity contribution in [3.05, 3.63) is 0 Å². The molecule has 2 unspecified atom stereocenters. The molecule has 1 aliphatic carbocycles. The maximum absolute atomic E-state index is 12.4. The molecule has 5 heteroatoms. The zero-order valence-corrected chi connectivity index (χ0v) is 10.9. The van der Waals surface area contributed by atoms with Gasteiger partial charge >= 0.3 is 5.97 Å². The van der Waals surface area contributed by atoms with Gasteiger partial charge in [-0.1, -0.05) is 0 Å². The first-order valence-electron chi connectivity index (χ1n) is 6.83. The second kappa shape index (κ2) is 5.69.